The molecule has 0 saturated carbocycles. The number of hydrogen-bond donors (Lipinski definition) is 0. The fourth-order valence-electron chi connectivity index (χ4n) is 3.06. The molecule has 1 atom stereocenters. The Balaban J connectivity index is 1.61. The predicted molar refractivity (Wildman–Crippen MR) is 103 cm³/mol. The number of esters is 1. The van der Waals surface area contributed by atoms with Crippen LogP contribution in [0.1, 0.15) is 27.9 Å². The number of anilines is 1. The third-order valence-electron chi connectivity index (χ3n) is 4.71. The van der Waals surface area contributed by atoms with Gasteiger partial charge in [0.1, 0.15) is 0 Å². The maximum absolute atomic E-state index is 12.4. The molecule has 0 unspecified atom stereocenters. The number of carbonyl (C=O) groups is 3. The Bertz CT molecular complexity index is 892. The molecule has 27 heavy (non-hydrogen) atoms. The minimum Gasteiger partial charge on any atom is -0.457 e. The fraction of sp³-hybridized carbons (Fsp3) is 0.286. The van der Waals surface area contributed by atoms with Crippen LogP contribution in [0.15, 0.2) is 42.5 Å². The molecule has 0 bridgehead atoms. The molecule has 0 aromatic heterocycles. The number of carbonyl (C=O) groups excluding carboxylic acids is 3. The zero-order valence-electron chi connectivity index (χ0n) is 15.2. The van der Waals surface area contributed by atoms with Crippen molar-refractivity contribution in [3.8, 4) is 0 Å². The van der Waals surface area contributed by atoms with E-state index < -0.39 is 11.9 Å². The molecule has 0 N–H and O–H groups in total. The lowest BCUT2D eigenvalue weighted by Crippen LogP contribution is -2.27. The first-order chi connectivity index (χ1) is 12.9. The number of benzene rings is 2. The summed E-state index contributed by atoms with van der Waals surface area (Å²) in [6.45, 7) is 3.65. The summed E-state index contributed by atoms with van der Waals surface area (Å²) in [6, 6.07) is 12.4. The standard InChI is InChI=1S/C21H20ClNO4/c1-13-6-8-15(9-7-13)19(24)12-27-21(26)16-10-20(25)23(11-16)18-5-3-4-17(22)14(18)2/h3-9,16H,10-12H2,1-2H3/t16-/m0/s1. The summed E-state index contributed by atoms with van der Waals surface area (Å²) in [5.41, 5.74) is 3.02. The van der Waals surface area contributed by atoms with Crippen molar-refractivity contribution in [2.45, 2.75) is 20.3 Å². The predicted octanol–water partition coefficient (Wildman–Crippen LogP) is 3.74. The number of halogens is 1. The van der Waals surface area contributed by atoms with Crippen molar-refractivity contribution in [1.82, 2.24) is 0 Å². The van der Waals surface area contributed by atoms with Crippen LogP contribution in [0, 0.1) is 19.8 Å². The van der Waals surface area contributed by atoms with Gasteiger partial charge >= 0.3 is 5.97 Å². The van der Waals surface area contributed by atoms with Crippen molar-refractivity contribution in [1.29, 1.82) is 0 Å². The monoisotopic (exact) mass is 385 g/mol. The van der Waals surface area contributed by atoms with Gasteiger partial charge in [0.2, 0.25) is 5.91 Å². The van der Waals surface area contributed by atoms with Crippen LogP contribution in [-0.4, -0.2) is 30.8 Å². The van der Waals surface area contributed by atoms with E-state index in [2.05, 4.69) is 0 Å². The van der Waals surface area contributed by atoms with Crippen LogP contribution in [-0.2, 0) is 14.3 Å². The summed E-state index contributed by atoms with van der Waals surface area (Å²) in [5, 5.41) is 0.565. The number of hydrogen-bond acceptors (Lipinski definition) is 4. The van der Waals surface area contributed by atoms with Gasteiger partial charge in [-0.3, -0.25) is 14.4 Å². The molecule has 2 aromatic carbocycles. The molecule has 0 spiro atoms. The lowest BCUT2D eigenvalue weighted by molar-refractivity contribution is -0.147. The van der Waals surface area contributed by atoms with Gasteiger partial charge in [-0.25, -0.2) is 0 Å². The summed E-state index contributed by atoms with van der Waals surface area (Å²) < 4.78 is 5.17. The minimum atomic E-state index is -0.596. The topological polar surface area (TPSA) is 63.7 Å². The second kappa shape index (κ2) is 7.92. The normalized spacial score (nSPS) is 16.5. The smallest absolute Gasteiger partial charge is 0.311 e. The van der Waals surface area contributed by atoms with E-state index >= 15 is 0 Å². The summed E-state index contributed by atoms with van der Waals surface area (Å²) in [7, 11) is 0. The summed E-state index contributed by atoms with van der Waals surface area (Å²) >= 11 is 6.12. The van der Waals surface area contributed by atoms with Crippen molar-refractivity contribution >= 4 is 34.9 Å². The molecule has 0 aliphatic carbocycles. The van der Waals surface area contributed by atoms with E-state index in [0.717, 1.165) is 11.1 Å². The Kier molecular flexibility index (Phi) is 5.61. The number of aryl methyl sites for hydroxylation is 1. The van der Waals surface area contributed by atoms with E-state index in [1.54, 1.807) is 35.2 Å². The highest BCUT2D eigenvalue weighted by atomic mass is 35.5. The van der Waals surface area contributed by atoms with E-state index in [1.807, 2.05) is 26.0 Å². The molecule has 140 valence electrons. The first kappa shape index (κ1) is 19.1. The highest BCUT2D eigenvalue weighted by Gasteiger charge is 2.37. The van der Waals surface area contributed by atoms with E-state index in [1.165, 1.54) is 0 Å². The largest absolute Gasteiger partial charge is 0.457 e. The van der Waals surface area contributed by atoms with Gasteiger partial charge in [-0.15, -0.1) is 0 Å². The van der Waals surface area contributed by atoms with Crippen LogP contribution in [0.2, 0.25) is 5.02 Å². The molecule has 1 aliphatic heterocycles. The average molecular weight is 386 g/mol. The van der Waals surface area contributed by atoms with Gasteiger partial charge in [0.05, 0.1) is 5.92 Å². The van der Waals surface area contributed by atoms with Crippen LogP contribution >= 0.6 is 11.6 Å². The molecule has 2 aromatic rings. The first-order valence-corrected chi connectivity index (χ1v) is 9.06. The van der Waals surface area contributed by atoms with Gasteiger partial charge in [0, 0.05) is 29.2 Å². The molecule has 1 fully saturated rings. The van der Waals surface area contributed by atoms with Crippen molar-refractivity contribution in [2.75, 3.05) is 18.1 Å². The number of ketones is 1. The number of Topliss-reactive ketones (excluding diaryl/α,β-unsaturated/α-hetero) is 1. The van der Waals surface area contributed by atoms with Gasteiger partial charge in [-0.2, -0.15) is 0 Å². The van der Waals surface area contributed by atoms with Crippen molar-refractivity contribution in [3.63, 3.8) is 0 Å². The van der Waals surface area contributed by atoms with Crippen LogP contribution in [0.3, 0.4) is 0 Å². The van der Waals surface area contributed by atoms with Crippen LogP contribution in [0.5, 0.6) is 0 Å². The zero-order chi connectivity index (χ0) is 19.6. The molecule has 1 heterocycles. The molecule has 0 radical (unpaired) electrons. The van der Waals surface area contributed by atoms with E-state index in [-0.39, 0.29) is 31.3 Å². The number of amides is 1. The van der Waals surface area contributed by atoms with Crippen LogP contribution in [0.25, 0.3) is 0 Å². The molecule has 1 aliphatic rings. The lowest BCUT2D eigenvalue weighted by atomic mass is 10.1. The number of nitrogens with zero attached hydrogens (tertiary/aromatic N) is 1. The van der Waals surface area contributed by atoms with Gasteiger partial charge in [-0.1, -0.05) is 47.5 Å². The molecular formula is C21H20ClNO4. The summed E-state index contributed by atoms with van der Waals surface area (Å²) in [6.07, 6.45) is 0.0590. The SMILES string of the molecule is Cc1ccc(C(=O)COC(=O)[C@H]2CC(=O)N(c3cccc(Cl)c3C)C2)cc1. The van der Waals surface area contributed by atoms with Crippen LogP contribution < -0.4 is 4.90 Å². The lowest BCUT2D eigenvalue weighted by Gasteiger charge is -2.19. The van der Waals surface area contributed by atoms with E-state index in [9.17, 15) is 14.4 Å². The Labute approximate surface area is 162 Å². The quantitative estimate of drug-likeness (QED) is 0.581. The molecule has 5 nitrogen and oxygen atoms in total. The fourth-order valence-corrected chi connectivity index (χ4v) is 3.23. The maximum atomic E-state index is 12.4. The second-order valence-corrected chi connectivity index (χ2v) is 7.09. The Morgan fingerprint density at radius 2 is 1.85 bits per heavy atom. The maximum Gasteiger partial charge on any atom is 0.311 e. The molecular weight excluding hydrogens is 366 g/mol. The molecule has 6 heteroatoms. The van der Waals surface area contributed by atoms with E-state index in [4.69, 9.17) is 16.3 Å². The Hall–Kier alpha value is -2.66. The first-order valence-electron chi connectivity index (χ1n) is 8.69. The summed E-state index contributed by atoms with van der Waals surface area (Å²) in [4.78, 5) is 38.4. The summed E-state index contributed by atoms with van der Waals surface area (Å²) in [5.74, 6) is -1.56. The molecule has 1 saturated heterocycles. The van der Waals surface area contributed by atoms with Gasteiger partial charge in [-0.05, 0) is 31.5 Å². The second-order valence-electron chi connectivity index (χ2n) is 6.69. The van der Waals surface area contributed by atoms with Crippen molar-refractivity contribution < 1.29 is 19.1 Å². The Morgan fingerprint density at radius 3 is 2.56 bits per heavy atom. The van der Waals surface area contributed by atoms with Crippen molar-refractivity contribution in [3.05, 3.63) is 64.2 Å². The highest BCUT2D eigenvalue weighted by molar-refractivity contribution is 6.31. The zero-order valence-corrected chi connectivity index (χ0v) is 16.0. The van der Waals surface area contributed by atoms with E-state index in [0.29, 0.717) is 16.3 Å². The third kappa shape index (κ3) is 4.19. The average Bonchev–Trinajstić information content (AvgIpc) is 3.04. The Morgan fingerprint density at radius 1 is 1.15 bits per heavy atom. The van der Waals surface area contributed by atoms with Crippen LogP contribution in [0.4, 0.5) is 5.69 Å². The highest BCUT2D eigenvalue weighted by Crippen LogP contribution is 2.31. The van der Waals surface area contributed by atoms with Gasteiger partial charge in [0.15, 0.2) is 12.4 Å². The number of rotatable bonds is 5. The van der Waals surface area contributed by atoms with Gasteiger partial charge < -0.3 is 9.64 Å². The molecule has 3 rings (SSSR count). The van der Waals surface area contributed by atoms with Gasteiger partial charge in [0.25, 0.3) is 0 Å². The third-order valence-corrected chi connectivity index (χ3v) is 5.12. The van der Waals surface area contributed by atoms with Crippen molar-refractivity contribution in [2.24, 2.45) is 5.92 Å². The minimum absolute atomic E-state index is 0.0590. The molecule has 1 amide bonds. The number of ether oxygens (including phenoxy) is 1.